The molecule has 0 spiro atoms. The Hall–Kier alpha value is -0.860. The zero-order chi connectivity index (χ0) is 23.3. The summed E-state index contributed by atoms with van der Waals surface area (Å²) in [4.78, 5) is -1.86. The standard InChI is InChI=1S/C16H12N2O7S2.2Na/c19-15-8-1-10-9-13(27(23,24)25)6-7-14(10)16(15)18-17-11-2-4-12(5-3-11)26(20,21)22;;/h1-9,19H,(H,20,21,22)(H,23,24,25);;/q;2*+1/p-2/i2D,3D,4D,5D;;. The molecule has 0 saturated carbocycles. The summed E-state index contributed by atoms with van der Waals surface area (Å²) in [7, 11) is -10.0. The number of hydrogen-bond donors (Lipinski definition) is 1. The minimum absolute atomic E-state index is 0. The molecule has 0 bridgehead atoms. The van der Waals surface area contributed by atoms with E-state index in [4.69, 9.17) is 5.48 Å². The Bertz CT molecular complexity index is 1470. The first kappa shape index (κ1) is 20.1. The Morgan fingerprint density at radius 3 is 1.97 bits per heavy atom. The van der Waals surface area contributed by atoms with Crippen LogP contribution in [0.5, 0.6) is 5.75 Å². The van der Waals surface area contributed by atoms with Crippen molar-refractivity contribution in [2.45, 2.75) is 9.79 Å². The van der Waals surface area contributed by atoms with Crippen LogP contribution in [0, 0.1) is 0 Å². The Kier molecular flexibility index (Phi) is 6.89. The second kappa shape index (κ2) is 9.96. The van der Waals surface area contributed by atoms with Gasteiger partial charge in [-0.3, -0.25) is 0 Å². The van der Waals surface area contributed by atoms with Gasteiger partial charge in [0.05, 0.1) is 21.0 Å². The van der Waals surface area contributed by atoms with E-state index < -0.39 is 65.6 Å². The third-order valence-electron chi connectivity index (χ3n) is 3.32. The van der Waals surface area contributed by atoms with Crippen molar-refractivity contribution in [1.82, 2.24) is 0 Å². The predicted octanol–water partition coefficient (Wildman–Crippen LogP) is -3.22. The third-order valence-corrected chi connectivity index (χ3v) is 4.85. The Labute approximate surface area is 216 Å². The maximum atomic E-state index is 11.2. The molecule has 0 heterocycles. The molecule has 0 fully saturated rings. The maximum absolute atomic E-state index is 11.2. The van der Waals surface area contributed by atoms with Gasteiger partial charge in [-0.15, -0.1) is 5.11 Å². The Morgan fingerprint density at radius 1 is 0.828 bits per heavy atom. The topological polar surface area (TPSA) is 159 Å². The number of fused-ring (bicyclic) bond motifs is 1. The summed E-state index contributed by atoms with van der Waals surface area (Å²) in [5.74, 6) is -0.442. The molecular weight excluding hydrogens is 442 g/mol. The summed E-state index contributed by atoms with van der Waals surface area (Å²) < 4.78 is 98.3. The SMILES string of the molecule is [2H]c1c([2H])c(S(=O)(=O)[O-])c([2H])c([2H])c1N=Nc1c(O)ccc2cc(S(=O)(=O)[O-])ccc12.[Na+].[Na+]. The van der Waals surface area contributed by atoms with Crippen LogP contribution in [-0.2, 0) is 20.2 Å². The van der Waals surface area contributed by atoms with E-state index in [0.29, 0.717) is 0 Å². The van der Waals surface area contributed by atoms with Crippen LogP contribution >= 0.6 is 0 Å². The molecule has 13 heteroatoms. The van der Waals surface area contributed by atoms with E-state index in [-0.39, 0.29) is 75.6 Å². The van der Waals surface area contributed by atoms with Crippen molar-refractivity contribution >= 4 is 42.4 Å². The van der Waals surface area contributed by atoms with Crippen LogP contribution < -0.4 is 59.1 Å². The molecule has 0 saturated heterocycles. The molecule has 0 atom stereocenters. The molecule has 9 nitrogen and oxygen atoms in total. The van der Waals surface area contributed by atoms with Gasteiger partial charge in [-0.05, 0) is 47.8 Å². The monoisotopic (exact) mass is 456 g/mol. The molecule has 3 aromatic rings. The predicted molar refractivity (Wildman–Crippen MR) is 92.2 cm³/mol. The first-order valence-corrected chi connectivity index (χ1v) is 9.74. The molecule has 3 rings (SSSR count). The first-order chi connectivity index (χ1) is 14.2. The number of benzene rings is 3. The van der Waals surface area contributed by atoms with Crippen LogP contribution in [-0.4, -0.2) is 31.0 Å². The molecule has 140 valence electrons. The van der Waals surface area contributed by atoms with Gasteiger partial charge >= 0.3 is 59.1 Å². The Morgan fingerprint density at radius 2 is 1.41 bits per heavy atom. The molecule has 0 aromatic heterocycles. The summed E-state index contributed by atoms with van der Waals surface area (Å²) in [6.45, 7) is 0. The van der Waals surface area contributed by atoms with Gasteiger partial charge in [-0.2, -0.15) is 5.11 Å². The van der Waals surface area contributed by atoms with E-state index >= 15 is 0 Å². The number of azo groups is 1. The van der Waals surface area contributed by atoms with E-state index in [1.165, 1.54) is 12.1 Å². The number of rotatable bonds is 4. The quantitative estimate of drug-likeness (QED) is 0.246. The van der Waals surface area contributed by atoms with Crippen molar-refractivity contribution in [1.29, 1.82) is 0 Å². The fourth-order valence-electron chi connectivity index (χ4n) is 2.11. The van der Waals surface area contributed by atoms with Gasteiger partial charge < -0.3 is 14.2 Å². The summed E-state index contributed by atoms with van der Waals surface area (Å²) >= 11 is 0. The minimum atomic E-state index is -5.30. The second-order valence-corrected chi connectivity index (χ2v) is 7.80. The van der Waals surface area contributed by atoms with Gasteiger partial charge in [0, 0.05) is 5.39 Å². The molecule has 1 N–H and O–H groups in total. The van der Waals surface area contributed by atoms with E-state index in [9.17, 15) is 31.0 Å². The Balaban J connectivity index is 0.00000272. The fraction of sp³-hybridized carbons (Fsp3) is 0. The van der Waals surface area contributed by atoms with Crippen LogP contribution in [0.15, 0.2) is 74.5 Å². The van der Waals surface area contributed by atoms with Crippen LogP contribution in [0.2, 0.25) is 0 Å². The minimum Gasteiger partial charge on any atom is -0.744 e. The summed E-state index contributed by atoms with van der Waals surface area (Å²) in [6, 6.07) is 1.48. The van der Waals surface area contributed by atoms with Crippen LogP contribution in [0.3, 0.4) is 0 Å². The molecule has 0 radical (unpaired) electrons. The van der Waals surface area contributed by atoms with Crippen LogP contribution in [0.1, 0.15) is 5.48 Å². The average molecular weight is 456 g/mol. The average Bonchev–Trinajstić information content (AvgIpc) is 2.65. The van der Waals surface area contributed by atoms with Crippen molar-refractivity contribution in [2.75, 3.05) is 0 Å². The largest absolute Gasteiger partial charge is 1.00 e. The van der Waals surface area contributed by atoms with E-state index in [1.54, 1.807) is 0 Å². The van der Waals surface area contributed by atoms with Crippen molar-refractivity contribution in [3.05, 3.63) is 54.5 Å². The normalized spacial score (nSPS) is 13.7. The van der Waals surface area contributed by atoms with Crippen molar-refractivity contribution < 1.29 is 95.6 Å². The van der Waals surface area contributed by atoms with Gasteiger partial charge in [0.1, 0.15) is 31.7 Å². The number of phenols is 1. The number of nitrogens with zero attached hydrogens (tertiary/aromatic N) is 2. The summed E-state index contributed by atoms with van der Waals surface area (Å²) in [5, 5.41) is 17.7. The third kappa shape index (κ3) is 6.31. The van der Waals surface area contributed by atoms with Gasteiger partial charge in [0.2, 0.25) is 0 Å². The van der Waals surface area contributed by atoms with Gasteiger partial charge in [-0.1, -0.05) is 12.1 Å². The molecule has 0 aliphatic heterocycles. The van der Waals surface area contributed by atoms with Crippen LogP contribution in [0.4, 0.5) is 11.4 Å². The summed E-state index contributed by atoms with van der Waals surface area (Å²) in [6.07, 6.45) is 0. The van der Waals surface area contributed by atoms with E-state index in [0.717, 1.165) is 18.2 Å². The first-order valence-electron chi connectivity index (χ1n) is 8.93. The maximum Gasteiger partial charge on any atom is 1.00 e. The molecule has 0 aliphatic carbocycles. The molecule has 0 amide bonds. The van der Waals surface area contributed by atoms with Crippen molar-refractivity contribution in [3.63, 3.8) is 0 Å². The second-order valence-electron chi connectivity index (χ2n) is 5.10. The van der Waals surface area contributed by atoms with Gasteiger partial charge in [0.25, 0.3) is 0 Å². The molecule has 0 unspecified atom stereocenters. The van der Waals surface area contributed by atoms with E-state index in [1.807, 2.05) is 0 Å². The number of hydrogen-bond acceptors (Lipinski definition) is 9. The number of aromatic hydroxyl groups is 1. The zero-order valence-corrected chi connectivity index (χ0v) is 20.6. The zero-order valence-electron chi connectivity index (χ0n) is 19.0. The van der Waals surface area contributed by atoms with Gasteiger partial charge in [-0.25, -0.2) is 16.8 Å². The number of phenolic OH excluding ortho intramolecular Hbond substituents is 1. The fourth-order valence-corrected chi connectivity index (χ4v) is 2.97. The van der Waals surface area contributed by atoms with E-state index in [2.05, 4.69) is 10.2 Å². The van der Waals surface area contributed by atoms with Gasteiger partial charge in [0.15, 0.2) is 0 Å². The van der Waals surface area contributed by atoms with Crippen molar-refractivity contribution in [3.8, 4) is 5.75 Å². The molecule has 29 heavy (non-hydrogen) atoms. The van der Waals surface area contributed by atoms with Crippen LogP contribution in [0.25, 0.3) is 10.8 Å². The molecule has 3 aromatic carbocycles. The van der Waals surface area contributed by atoms with Crippen molar-refractivity contribution in [2.24, 2.45) is 10.2 Å². The summed E-state index contributed by atoms with van der Waals surface area (Å²) in [5.41, 5.74) is -0.942. The molecule has 0 aliphatic rings. The smallest absolute Gasteiger partial charge is 0.744 e. The molecular formula is C16H10N2Na2O7S2.